The Kier molecular flexibility index (Phi) is 7.17. The molecule has 114 valence electrons. The van der Waals surface area contributed by atoms with Crippen LogP contribution in [0.25, 0.3) is 0 Å². The molecule has 0 heterocycles. The quantitative estimate of drug-likeness (QED) is 0.622. The fraction of sp³-hybridized carbons (Fsp3) is 1.00. The van der Waals surface area contributed by atoms with Crippen molar-refractivity contribution in [2.24, 2.45) is 11.3 Å². The van der Waals surface area contributed by atoms with Gasteiger partial charge in [-0.2, -0.15) is 0 Å². The molecule has 0 aromatic rings. The van der Waals surface area contributed by atoms with Crippen molar-refractivity contribution in [1.82, 2.24) is 0 Å². The molecule has 1 aliphatic carbocycles. The maximum Gasteiger partial charge on any atom is 0.150 e. The molecule has 0 N–H and O–H groups in total. The van der Waals surface area contributed by atoms with Crippen LogP contribution < -0.4 is 0 Å². The molecule has 4 heteroatoms. The van der Waals surface area contributed by atoms with Gasteiger partial charge in [0, 0.05) is 11.6 Å². The van der Waals surface area contributed by atoms with Gasteiger partial charge in [-0.05, 0) is 43.4 Å². The summed E-state index contributed by atoms with van der Waals surface area (Å²) >= 11 is 6.17. The van der Waals surface area contributed by atoms with Gasteiger partial charge in [-0.15, -0.1) is 11.6 Å². The summed E-state index contributed by atoms with van der Waals surface area (Å²) in [6.07, 6.45) is 9.38. The molecule has 1 rings (SSSR count). The van der Waals surface area contributed by atoms with Crippen LogP contribution in [0, 0.1) is 11.3 Å². The van der Waals surface area contributed by atoms with E-state index in [0.717, 1.165) is 25.2 Å². The molecule has 0 aromatic carbocycles. The van der Waals surface area contributed by atoms with Gasteiger partial charge >= 0.3 is 0 Å². The number of sulfone groups is 1. The van der Waals surface area contributed by atoms with E-state index in [9.17, 15) is 8.42 Å². The zero-order valence-electron chi connectivity index (χ0n) is 12.5. The maximum absolute atomic E-state index is 11.7. The first-order valence-corrected chi connectivity index (χ1v) is 10.1. The molecule has 0 aromatic heterocycles. The topological polar surface area (TPSA) is 34.1 Å². The van der Waals surface area contributed by atoms with Gasteiger partial charge in [-0.3, -0.25) is 0 Å². The third-order valence-corrected chi connectivity index (χ3v) is 7.07. The summed E-state index contributed by atoms with van der Waals surface area (Å²) in [7, 11) is -2.85. The van der Waals surface area contributed by atoms with Crippen molar-refractivity contribution >= 4 is 21.4 Å². The molecular formula is C15H29ClO2S. The molecule has 0 atom stereocenters. The number of unbranched alkanes of at least 4 members (excludes halogenated alkanes) is 1. The molecule has 0 unspecified atom stereocenters. The molecule has 2 nitrogen and oxygen atoms in total. The number of hydrogen-bond acceptors (Lipinski definition) is 2. The van der Waals surface area contributed by atoms with Crippen LogP contribution in [-0.2, 0) is 9.84 Å². The van der Waals surface area contributed by atoms with Gasteiger partial charge in [0.15, 0.2) is 0 Å². The van der Waals surface area contributed by atoms with E-state index in [0.29, 0.717) is 11.6 Å². The first kappa shape index (κ1) is 17.3. The zero-order valence-corrected chi connectivity index (χ0v) is 14.0. The van der Waals surface area contributed by atoms with E-state index in [4.69, 9.17) is 11.6 Å². The first-order chi connectivity index (χ1) is 8.97. The van der Waals surface area contributed by atoms with Crippen molar-refractivity contribution in [2.75, 3.05) is 17.4 Å². The van der Waals surface area contributed by atoms with Gasteiger partial charge < -0.3 is 0 Å². The summed E-state index contributed by atoms with van der Waals surface area (Å²) in [6, 6.07) is 0. The second-order valence-corrected chi connectivity index (χ2v) is 8.95. The largest absolute Gasteiger partial charge is 0.229 e. The highest BCUT2D eigenvalue weighted by Crippen LogP contribution is 2.44. The average molecular weight is 309 g/mol. The minimum atomic E-state index is -2.85. The van der Waals surface area contributed by atoms with Crippen molar-refractivity contribution in [1.29, 1.82) is 0 Å². The van der Waals surface area contributed by atoms with Crippen molar-refractivity contribution in [3.05, 3.63) is 0 Å². The molecule has 0 bridgehead atoms. The summed E-state index contributed by atoms with van der Waals surface area (Å²) in [4.78, 5) is 0. The van der Waals surface area contributed by atoms with Crippen LogP contribution in [0.2, 0.25) is 0 Å². The molecule has 1 aliphatic rings. The zero-order chi connectivity index (χ0) is 14.4. The lowest BCUT2D eigenvalue weighted by atomic mass is 9.69. The number of hydrogen-bond donors (Lipinski definition) is 0. The van der Waals surface area contributed by atoms with E-state index in [-0.39, 0.29) is 11.2 Å². The van der Waals surface area contributed by atoms with Crippen LogP contribution in [0.3, 0.4) is 0 Å². The van der Waals surface area contributed by atoms with Crippen LogP contribution in [0.5, 0.6) is 0 Å². The van der Waals surface area contributed by atoms with Crippen LogP contribution in [-0.4, -0.2) is 25.8 Å². The van der Waals surface area contributed by atoms with Crippen LogP contribution in [0.1, 0.15) is 65.2 Å². The van der Waals surface area contributed by atoms with Gasteiger partial charge in [0.05, 0.1) is 5.75 Å². The van der Waals surface area contributed by atoms with Crippen molar-refractivity contribution in [2.45, 2.75) is 65.2 Å². The first-order valence-electron chi connectivity index (χ1n) is 7.73. The molecule has 0 radical (unpaired) electrons. The second-order valence-electron chi connectivity index (χ2n) is 6.21. The second kappa shape index (κ2) is 7.87. The monoisotopic (exact) mass is 308 g/mol. The normalized spacial score (nSPS) is 28.5. The standard InChI is InChI=1S/C15H29ClO2S/c1-3-5-6-14-7-9-15(13-16,10-8-14)11-12-19(17,18)4-2/h14H,3-13H2,1-2H3. The van der Waals surface area contributed by atoms with E-state index in [1.54, 1.807) is 6.92 Å². The van der Waals surface area contributed by atoms with Gasteiger partial charge in [0.2, 0.25) is 0 Å². The number of rotatable bonds is 8. The fourth-order valence-electron chi connectivity index (χ4n) is 3.04. The molecule has 0 spiro atoms. The summed E-state index contributed by atoms with van der Waals surface area (Å²) in [5, 5.41) is 0. The SMILES string of the molecule is CCCCC1CCC(CCl)(CCS(=O)(=O)CC)CC1. The van der Waals surface area contributed by atoms with E-state index < -0.39 is 9.84 Å². The van der Waals surface area contributed by atoms with Gasteiger partial charge in [-0.1, -0.05) is 33.1 Å². The van der Waals surface area contributed by atoms with Crippen molar-refractivity contribution < 1.29 is 8.42 Å². The van der Waals surface area contributed by atoms with Crippen molar-refractivity contribution in [3.8, 4) is 0 Å². The Hall–Kier alpha value is 0.240. The van der Waals surface area contributed by atoms with Gasteiger partial charge in [0.1, 0.15) is 9.84 Å². The third-order valence-electron chi connectivity index (χ3n) is 4.80. The molecule has 0 amide bonds. The summed E-state index contributed by atoms with van der Waals surface area (Å²) < 4.78 is 23.3. The summed E-state index contributed by atoms with van der Waals surface area (Å²) in [5.41, 5.74) is 0.0898. The Labute approximate surface area is 124 Å². The van der Waals surface area contributed by atoms with Gasteiger partial charge in [-0.25, -0.2) is 8.42 Å². The Morgan fingerprint density at radius 3 is 2.32 bits per heavy atom. The Morgan fingerprint density at radius 2 is 1.84 bits per heavy atom. The van der Waals surface area contributed by atoms with Crippen LogP contribution in [0.15, 0.2) is 0 Å². The molecule has 0 saturated heterocycles. The molecule has 0 aliphatic heterocycles. The van der Waals surface area contributed by atoms with E-state index >= 15 is 0 Å². The van der Waals surface area contributed by atoms with Crippen LogP contribution >= 0.6 is 11.6 Å². The number of halogens is 1. The van der Waals surface area contributed by atoms with E-state index in [1.165, 1.54) is 32.1 Å². The Balaban J connectivity index is 2.46. The van der Waals surface area contributed by atoms with E-state index in [1.807, 2.05) is 0 Å². The fourth-order valence-corrected chi connectivity index (χ4v) is 4.47. The third kappa shape index (κ3) is 5.63. The highest BCUT2D eigenvalue weighted by Gasteiger charge is 2.35. The molecular weight excluding hydrogens is 280 g/mol. The predicted molar refractivity (Wildman–Crippen MR) is 83.6 cm³/mol. The molecule has 19 heavy (non-hydrogen) atoms. The molecule has 1 fully saturated rings. The van der Waals surface area contributed by atoms with E-state index in [2.05, 4.69) is 6.92 Å². The predicted octanol–water partition coefficient (Wildman–Crippen LogP) is 4.42. The minimum Gasteiger partial charge on any atom is -0.229 e. The Bertz CT molecular complexity index is 343. The lowest BCUT2D eigenvalue weighted by molar-refractivity contribution is 0.162. The van der Waals surface area contributed by atoms with Crippen molar-refractivity contribution in [3.63, 3.8) is 0 Å². The highest BCUT2D eigenvalue weighted by molar-refractivity contribution is 7.91. The lowest BCUT2D eigenvalue weighted by Gasteiger charge is -2.39. The average Bonchev–Trinajstić information content (AvgIpc) is 2.44. The minimum absolute atomic E-state index is 0.0898. The summed E-state index contributed by atoms with van der Waals surface area (Å²) in [5.74, 6) is 2.03. The smallest absolute Gasteiger partial charge is 0.150 e. The highest BCUT2D eigenvalue weighted by atomic mass is 35.5. The van der Waals surface area contributed by atoms with Gasteiger partial charge in [0.25, 0.3) is 0 Å². The maximum atomic E-state index is 11.7. The summed E-state index contributed by atoms with van der Waals surface area (Å²) in [6.45, 7) is 3.96. The number of alkyl halides is 1. The van der Waals surface area contributed by atoms with Crippen LogP contribution in [0.4, 0.5) is 0 Å². The Morgan fingerprint density at radius 1 is 1.21 bits per heavy atom. The molecule has 1 saturated carbocycles. The lowest BCUT2D eigenvalue weighted by Crippen LogP contribution is -2.31.